The number of hydrogen-bond acceptors (Lipinski definition) is 4. The maximum Gasteiger partial charge on any atom is 0.243 e. The predicted molar refractivity (Wildman–Crippen MR) is 118 cm³/mol. The third-order valence-electron chi connectivity index (χ3n) is 5.34. The Balaban J connectivity index is 1.84. The lowest BCUT2D eigenvalue weighted by Crippen LogP contribution is -2.30. The molecule has 0 saturated heterocycles. The van der Waals surface area contributed by atoms with Gasteiger partial charge in [0.15, 0.2) is 0 Å². The summed E-state index contributed by atoms with van der Waals surface area (Å²) in [5.41, 5.74) is 1.25. The van der Waals surface area contributed by atoms with Gasteiger partial charge >= 0.3 is 0 Å². The van der Waals surface area contributed by atoms with Gasteiger partial charge in [0, 0.05) is 19.0 Å². The van der Waals surface area contributed by atoms with Gasteiger partial charge in [-0.15, -0.1) is 0 Å². The lowest BCUT2D eigenvalue weighted by atomic mass is 10.1. The van der Waals surface area contributed by atoms with Gasteiger partial charge in [0.1, 0.15) is 11.6 Å². The fraction of sp³-hybridized carbons (Fsp3) is 0.435. The largest absolute Gasteiger partial charge is 0.489 e. The lowest BCUT2D eigenvalue weighted by molar-refractivity contribution is -0.117. The topological polar surface area (TPSA) is 75.7 Å². The third kappa shape index (κ3) is 5.25. The summed E-state index contributed by atoms with van der Waals surface area (Å²) in [5, 5.41) is 2.86. The zero-order valence-corrected chi connectivity index (χ0v) is 19.1. The second-order valence-electron chi connectivity index (χ2n) is 7.90. The van der Waals surface area contributed by atoms with Crippen LogP contribution >= 0.6 is 0 Å². The summed E-state index contributed by atoms with van der Waals surface area (Å²) in [5.74, 6) is -0.327. The van der Waals surface area contributed by atoms with Crippen LogP contribution in [0, 0.1) is 11.7 Å². The van der Waals surface area contributed by atoms with Crippen LogP contribution in [0.3, 0.4) is 0 Å². The molecule has 0 spiro atoms. The number of sulfonamides is 1. The number of ether oxygens (including phenoxy) is 1. The molecular weight excluding hydrogens is 419 g/mol. The van der Waals surface area contributed by atoms with Gasteiger partial charge in [-0.1, -0.05) is 26.0 Å². The minimum atomic E-state index is -3.68. The molecule has 0 radical (unpaired) electrons. The van der Waals surface area contributed by atoms with Crippen LogP contribution in [0.5, 0.6) is 5.75 Å². The van der Waals surface area contributed by atoms with Gasteiger partial charge in [0.25, 0.3) is 0 Å². The summed E-state index contributed by atoms with van der Waals surface area (Å²) in [4.78, 5) is 13.0. The van der Waals surface area contributed by atoms with Gasteiger partial charge in [-0.05, 0) is 62.1 Å². The second-order valence-corrected chi connectivity index (χ2v) is 9.84. The Bertz CT molecular complexity index is 1030. The number of amides is 1. The number of nitrogens with one attached hydrogen (secondary N) is 1. The highest BCUT2D eigenvalue weighted by Crippen LogP contribution is 2.48. The molecule has 0 aromatic heterocycles. The number of carbonyl (C=O) groups is 1. The van der Waals surface area contributed by atoms with Crippen molar-refractivity contribution in [2.45, 2.75) is 51.0 Å². The minimum absolute atomic E-state index is 0.0256. The normalized spacial score (nSPS) is 18.3. The standard InChI is InChI=1S/C23H29FN2O4S/c1-5-26(6-2)31(28,29)18-11-12-22(30-15(3)4)21(13-18)25-23(27)20-14-19(20)16-7-9-17(24)10-8-16/h7-13,15,19-20H,5-6,14H2,1-4H3,(H,25,27). The van der Waals surface area contributed by atoms with E-state index in [-0.39, 0.29) is 34.6 Å². The number of hydrogen-bond donors (Lipinski definition) is 1. The zero-order valence-electron chi connectivity index (χ0n) is 18.3. The van der Waals surface area contributed by atoms with Gasteiger partial charge in [-0.2, -0.15) is 4.31 Å². The van der Waals surface area contributed by atoms with Crippen molar-refractivity contribution in [1.29, 1.82) is 0 Å². The van der Waals surface area contributed by atoms with Crippen LogP contribution in [-0.4, -0.2) is 37.8 Å². The van der Waals surface area contributed by atoms with E-state index in [4.69, 9.17) is 4.74 Å². The van der Waals surface area contributed by atoms with Gasteiger partial charge in [0.05, 0.1) is 16.7 Å². The van der Waals surface area contributed by atoms with Crippen LogP contribution in [0.4, 0.5) is 10.1 Å². The first-order chi connectivity index (χ1) is 14.7. The summed E-state index contributed by atoms with van der Waals surface area (Å²) in [7, 11) is -3.68. The third-order valence-corrected chi connectivity index (χ3v) is 7.39. The Morgan fingerprint density at radius 1 is 1.16 bits per heavy atom. The molecule has 1 N–H and O–H groups in total. The van der Waals surface area contributed by atoms with Crippen molar-refractivity contribution in [1.82, 2.24) is 4.31 Å². The maximum absolute atomic E-state index is 13.2. The zero-order chi connectivity index (χ0) is 22.8. The fourth-order valence-electron chi connectivity index (χ4n) is 3.63. The molecule has 0 bridgehead atoms. The molecule has 31 heavy (non-hydrogen) atoms. The Hall–Kier alpha value is -2.45. The van der Waals surface area contributed by atoms with Crippen molar-refractivity contribution in [3.8, 4) is 5.75 Å². The van der Waals surface area contributed by atoms with Crippen LogP contribution in [-0.2, 0) is 14.8 Å². The molecular formula is C23H29FN2O4S. The molecule has 2 aromatic rings. The first-order valence-corrected chi connectivity index (χ1v) is 12.0. The highest BCUT2D eigenvalue weighted by Gasteiger charge is 2.44. The molecule has 2 unspecified atom stereocenters. The second kappa shape index (κ2) is 9.36. The molecule has 1 saturated carbocycles. The van der Waals surface area contributed by atoms with Crippen LogP contribution < -0.4 is 10.1 Å². The van der Waals surface area contributed by atoms with E-state index < -0.39 is 10.0 Å². The van der Waals surface area contributed by atoms with Crippen molar-refractivity contribution in [3.63, 3.8) is 0 Å². The first kappa shape index (κ1) is 23.2. The van der Waals surface area contributed by atoms with E-state index in [1.54, 1.807) is 32.0 Å². The van der Waals surface area contributed by atoms with Gasteiger partial charge in [-0.3, -0.25) is 4.79 Å². The number of halogens is 1. The molecule has 6 nitrogen and oxygen atoms in total. The highest BCUT2D eigenvalue weighted by molar-refractivity contribution is 7.89. The van der Waals surface area contributed by atoms with Crippen molar-refractivity contribution in [2.24, 2.45) is 5.92 Å². The summed E-state index contributed by atoms with van der Waals surface area (Å²) >= 11 is 0. The molecule has 1 aliphatic carbocycles. The van der Waals surface area contributed by atoms with Crippen molar-refractivity contribution in [3.05, 3.63) is 53.8 Å². The van der Waals surface area contributed by atoms with Crippen LogP contribution in [0.1, 0.15) is 45.6 Å². The lowest BCUT2D eigenvalue weighted by Gasteiger charge is -2.20. The summed E-state index contributed by atoms with van der Waals surface area (Å²) in [6.45, 7) is 7.99. The van der Waals surface area contributed by atoms with E-state index in [2.05, 4.69) is 5.32 Å². The average Bonchev–Trinajstić information content (AvgIpc) is 3.51. The maximum atomic E-state index is 13.2. The molecule has 2 aromatic carbocycles. The predicted octanol–water partition coefficient (Wildman–Crippen LogP) is 4.39. The Morgan fingerprint density at radius 2 is 1.81 bits per heavy atom. The number of carbonyl (C=O) groups excluding carboxylic acids is 1. The summed E-state index contributed by atoms with van der Waals surface area (Å²) in [6.07, 6.45) is 0.517. The number of rotatable bonds is 9. The van der Waals surface area contributed by atoms with Gasteiger partial charge < -0.3 is 10.1 Å². The van der Waals surface area contributed by atoms with E-state index in [0.717, 1.165) is 5.56 Å². The highest BCUT2D eigenvalue weighted by atomic mass is 32.2. The minimum Gasteiger partial charge on any atom is -0.489 e. The van der Waals surface area contributed by atoms with Crippen molar-refractivity contribution >= 4 is 21.6 Å². The molecule has 1 aliphatic rings. The summed E-state index contributed by atoms with van der Waals surface area (Å²) in [6, 6.07) is 10.7. The number of anilines is 1. The summed E-state index contributed by atoms with van der Waals surface area (Å²) < 4.78 is 46.1. The number of benzene rings is 2. The fourth-order valence-corrected chi connectivity index (χ4v) is 5.11. The Morgan fingerprint density at radius 3 is 2.39 bits per heavy atom. The molecule has 0 heterocycles. The molecule has 168 valence electrons. The quantitative estimate of drug-likeness (QED) is 0.618. The smallest absolute Gasteiger partial charge is 0.243 e. The van der Waals surface area contributed by atoms with Crippen LogP contribution in [0.2, 0.25) is 0 Å². The van der Waals surface area contributed by atoms with E-state index in [1.165, 1.54) is 28.6 Å². The molecule has 1 fully saturated rings. The molecule has 2 atom stereocenters. The van der Waals surface area contributed by atoms with Gasteiger partial charge in [0.2, 0.25) is 15.9 Å². The monoisotopic (exact) mass is 448 g/mol. The van der Waals surface area contributed by atoms with E-state index in [9.17, 15) is 17.6 Å². The Labute approximate surface area is 183 Å². The van der Waals surface area contributed by atoms with E-state index in [0.29, 0.717) is 30.9 Å². The van der Waals surface area contributed by atoms with Crippen molar-refractivity contribution in [2.75, 3.05) is 18.4 Å². The average molecular weight is 449 g/mol. The van der Waals surface area contributed by atoms with Crippen LogP contribution in [0.15, 0.2) is 47.4 Å². The Kier molecular flexibility index (Phi) is 7.01. The molecule has 0 aliphatic heterocycles. The SMILES string of the molecule is CCN(CC)S(=O)(=O)c1ccc(OC(C)C)c(NC(=O)C2CC2c2ccc(F)cc2)c1. The van der Waals surface area contributed by atoms with Gasteiger partial charge in [-0.25, -0.2) is 12.8 Å². The van der Waals surface area contributed by atoms with E-state index in [1.807, 2.05) is 13.8 Å². The van der Waals surface area contributed by atoms with E-state index >= 15 is 0 Å². The van der Waals surface area contributed by atoms with Crippen molar-refractivity contribution < 1.29 is 22.3 Å². The molecule has 3 rings (SSSR count). The molecule has 8 heteroatoms. The first-order valence-electron chi connectivity index (χ1n) is 10.5. The van der Waals surface area contributed by atoms with Crippen LogP contribution in [0.25, 0.3) is 0 Å². The molecule has 1 amide bonds. The number of nitrogens with zero attached hydrogens (tertiary/aromatic N) is 1.